The van der Waals surface area contributed by atoms with Gasteiger partial charge >= 0.3 is 0 Å². The highest BCUT2D eigenvalue weighted by Crippen LogP contribution is 2.32. The Kier molecular flexibility index (Phi) is 4.27. The smallest absolute Gasteiger partial charge is 0.0643 e. The van der Waals surface area contributed by atoms with E-state index in [0.717, 1.165) is 17.7 Å². The van der Waals surface area contributed by atoms with E-state index >= 15 is 0 Å². The van der Waals surface area contributed by atoms with E-state index in [9.17, 15) is 0 Å². The first-order chi connectivity index (χ1) is 8.63. The molecule has 1 atom stereocenters. The molecular weight excluding hydrogens is 269 g/mol. The van der Waals surface area contributed by atoms with Crippen LogP contribution in [0.25, 0.3) is 0 Å². The highest BCUT2D eigenvalue weighted by atomic mass is 35.5. The van der Waals surface area contributed by atoms with Crippen LogP contribution in [0.2, 0.25) is 10.0 Å². The summed E-state index contributed by atoms with van der Waals surface area (Å²) in [6, 6.07) is 5.69. The van der Waals surface area contributed by atoms with E-state index in [2.05, 4.69) is 17.3 Å². The fourth-order valence-corrected chi connectivity index (χ4v) is 2.36. The second kappa shape index (κ2) is 5.74. The highest BCUT2D eigenvalue weighted by Gasteiger charge is 2.18. The van der Waals surface area contributed by atoms with Gasteiger partial charge in [0, 0.05) is 18.8 Å². The third-order valence-corrected chi connectivity index (χ3v) is 3.59. The van der Waals surface area contributed by atoms with Crippen molar-refractivity contribution < 1.29 is 0 Å². The lowest BCUT2D eigenvalue weighted by Gasteiger charge is -2.18. The molecule has 0 aliphatic carbocycles. The van der Waals surface area contributed by atoms with Crippen molar-refractivity contribution in [2.45, 2.75) is 13.0 Å². The number of benzene rings is 1. The number of aryl methyl sites for hydroxylation is 1. The largest absolute Gasteiger partial charge is 0.306 e. The lowest BCUT2D eigenvalue weighted by molar-refractivity contribution is 0.630. The van der Waals surface area contributed by atoms with E-state index in [1.54, 1.807) is 10.7 Å². The maximum atomic E-state index is 6.28. The summed E-state index contributed by atoms with van der Waals surface area (Å²) in [5.74, 6) is 0. The predicted octanol–water partition coefficient (Wildman–Crippen LogP) is 3.43. The van der Waals surface area contributed by atoms with Crippen molar-refractivity contribution in [3.8, 4) is 0 Å². The van der Waals surface area contributed by atoms with Crippen LogP contribution in [0.5, 0.6) is 0 Å². The Labute approximate surface area is 117 Å². The Bertz CT molecular complexity index is 537. The molecule has 1 heterocycles. The molecule has 0 amide bonds. The van der Waals surface area contributed by atoms with Gasteiger partial charge in [-0.3, -0.25) is 4.68 Å². The predicted molar refractivity (Wildman–Crippen MR) is 75.2 cm³/mol. The Morgan fingerprint density at radius 1 is 1.39 bits per heavy atom. The highest BCUT2D eigenvalue weighted by molar-refractivity contribution is 6.42. The normalized spacial score (nSPS) is 12.7. The van der Waals surface area contributed by atoms with E-state index in [0.29, 0.717) is 10.0 Å². The van der Waals surface area contributed by atoms with Gasteiger partial charge in [0.1, 0.15) is 0 Å². The fraction of sp³-hybridized carbons (Fsp3) is 0.308. The van der Waals surface area contributed by atoms with Gasteiger partial charge in [-0.1, -0.05) is 42.3 Å². The standard InChI is InChI=1S/C13H15Cl2N3/c1-3-16-13(9-7-17-18(2)8-9)10-5-4-6-11(14)12(10)15/h4-8,13,16H,3H2,1-2H3. The zero-order valence-electron chi connectivity index (χ0n) is 10.3. The lowest BCUT2D eigenvalue weighted by atomic mass is 10.0. The summed E-state index contributed by atoms with van der Waals surface area (Å²) in [4.78, 5) is 0. The minimum absolute atomic E-state index is 0.00917. The van der Waals surface area contributed by atoms with E-state index in [-0.39, 0.29) is 6.04 Å². The monoisotopic (exact) mass is 283 g/mol. The first-order valence-electron chi connectivity index (χ1n) is 5.79. The summed E-state index contributed by atoms with van der Waals surface area (Å²) in [6.45, 7) is 2.89. The number of hydrogen-bond acceptors (Lipinski definition) is 2. The fourth-order valence-electron chi connectivity index (χ4n) is 1.94. The number of halogens is 2. The van der Waals surface area contributed by atoms with E-state index in [1.165, 1.54) is 0 Å². The number of nitrogens with one attached hydrogen (secondary N) is 1. The van der Waals surface area contributed by atoms with Gasteiger partial charge in [-0.05, 0) is 18.2 Å². The average Bonchev–Trinajstić information content (AvgIpc) is 2.77. The van der Waals surface area contributed by atoms with Crippen molar-refractivity contribution in [2.75, 3.05) is 6.54 Å². The Morgan fingerprint density at radius 2 is 2.17 bits per heavy atom. The molecule has 2 aromatic rings. The number of rotatable bonds is 4. The second-order valence-electron chi connectivity index (χ2n) is 4.08. The summed E-state index contributed by atoms with van der Waals surface area (Å²) in [5.41, 5.74) is 2.04. The molecule has 0 saturated carbocycles. The maximum absolute atomic E-state index is 6.28. The van der Waals surface area contributed by atoms with Crippen molar-refractivity contribution in [1.29, 1.82) is 0 Å². The van der Waals surface area contributed by atoms with Crippen LogP contribution < -0.4 is 5.32 Å². The van der Waals surface area contributed by atoms with E-state index in [4.69, 9.17) is 23.2 Å². The van der Waals surface area contributed by atoms with Crippen LogP contribution in [0.1, 0.15) is 24.1 Å². The molecule has 0 radical (unpaired) electrons. The Balaban J connectivity index is 2.44. The molecule has 0 bridgehead atoms. The third kappa shape index (κ3) is 2.69. The van der Waals surface area contributed by atoms with Crippen molar-refractivity contribution in [3.05, 3.63) is 51.8 Å². The zero-order chi connectivity index (χ0) is 13.1. The van der Waals surface area contributed by atoms with Gasteiger partial charge in [0.25, 0.3) is 0 Å². The molecule has 0 spiro atoms. The lowest BCUT2D eigenvalue weighted by Crippen LogP contribution is -2.22. The van der Waals surface area contributed by atoms with Gasteiger partial charge in [-0.25, -0.2) is 0 Å². The van der Waals surface area contributed by atoms with Crippen molar-refractivity contribution in [3.63, 3.8) is 0 Å². The topological polar surface area (TPSA) is 29.9 Å². The van der Waals surface area contributed by atoms with Gasteiger partial charge in [0.2, 0.25) is 0 Å². The summed E-state index contributed by atoms with van der Waals surface area (Å²) in [7, 11) is 1.89. The Hall–Kier alpha value is -1.03. The first kappa shape index (κ1) is 13.4. The number of hydrogen-bond donors (Lipinski definition) is 1. The van der Waals surface area contributed by atoms with Crippen molar-refractivity contribution >= 4 is 23.2 Å². The van der Waals surface area contributed by atoms with Gasteiger partial charge in [-0.2, -0.15) is 5.10 Å². The van der Waals surface area contributed by atoms with Crippen molar-refractivity contribution in [2.24, 2.45) is 7.05 Å². The summed E-state index contributed by atoms with van der Waals surface area (Å²) in [6.07, 6.45) is 3.81. The number of nitrogens with zero attached hydrogens (tertiary/aromatic N) is 2. The molecule has 5 heteroatoms. The van der Waals surface area contributed by atoms with Crippen LogP contribution in [0, 0.1) is 0 Å². The van der Waals surface area contributed by atoms with E-state index < -0.39 is 0 Å². The van der Waals surface area contributed by atoms with E-state index in [1.807, 2.05) is 31.6 Å². The molecule has 1 aromatic heterocycles. The maximum Gasteiger partial charge on any atom is 0.0643 e. The summed E-state index contributed by atoms with van der Waals surface area (Å²) in [5, 5.41) is 8.76. The quantitative estimate of drug-likeness (QED) is 0.932. The van der Waals surface area contributed by atoms with Crippen LogP contribution in [0.15, 0.2) is 30.6 Å². The van der Waals surface area contributed by atoms with Gasteiger partial charge in [0.05, 0.1) is 22.3 Å². The van der Waals surface area contributed by atoms with Crippen LogP contribution in [-0.4, -0.2) is 16.3 Å². The number of aromatic nitrogens is 2. The van der Waals surface area contributed by atoms with Gasteiger partial charge < -0.3 is 5.32 Å². The first-order valence-corrected chi connectivity index (χ1v) is 6.55. The molecule has 0 aliphatic rings. The molecule has 0 fully saturated rings. The van der Waals surface area contributed by atoms with Crippen LogP contribution in [-0.2, 0) is 7.05 Å². The second-order valence-corrected chi connectivity index (χ2v) is 4.87. The minimum atomic E-state index is 0.00917. The molecule has 0 saturated heterocycles. The molecule has 1 N–H and O–H groups in total. The molecule has 1 unspecified atom stereocenters. The Morgan fingerprint density at radius 3 is 2.78 bits per heavy atom. The van der Waals surface area contributed by atoms with Gasteiger partial charge in [0.15, 0.2) is 0 Å². The van der Waals surface area contributed by atoms with Crippen LogP contribution in [0.4, 0.5) is 0 Å². The molecule has 3 nitrogen and oxygen atoms in total. The molecule has 2 rings (SSSR count). The van der Waals surface area contributed by atoms with Crippen molar-refractivity contribution in [1.82, 2.24) is 15.1 Å². The van der Waals surface area contributed by atoms with Crippen LogP contribution >= 0.6 is 23.2 Å². The zero-order valence-corrected chi connectivity index (χ0v) is 11.8. The minimum Gasteiger partial charge on any atom is -0.306 e. The molecule has 96 valence electrons. The average molecular weight is 284 g/mol. The molecule has 18 heavy (non-hydrogen) atoms. The molecular formula is C13H15Cl2N3. The summed E-state index contributed by atoms with van der Waals surface area (Å²) >= 11 is 12.4. The van der Waals surface area contributed by atoms with Gasteiger partial charge in [-0.15, -0.1) is 0 Å². The van der Waals surface area contributed by atoms with Crippen LogP contribution in [0.3, 0.4) is 0 Å². The molecule has 0 aliphatic heterocycles. The third-order valence-electron chi connectivity index (χ3n) is 2.76. The SMILES string of the molecule is CCNC(c1cnn(C)c1)c1cccc(Cl)c1Cl. The summed E-state index contributed by atoms with van der Waals surface area (Å²) < 4.78 is 1.78. The molecule has 1 aromatic carbocycles.